The van der Waals surface area contributed by atoms with Gasteiger partial charge < -0.3 is 19.7 Å². The Morgan fingerprint density at radius 3 is 2.17 bits per heavy atom. The van der Waals surface area contributed by atoms with Crippen LogP contribution in [-0.2, 0) is 26.2 Å². The molecule has 0 aromatic heterocycles. The maximum atomic E-state index is 14.0. The van der Waals surface area contributed by atoms with Crippen LogP contribution in [0.1, 0.15) is 24.5 Å². The van der Waals surface area contributed by atoms with Crippen molar-refractivity contribution in [3.63, 3.8) is 0 Å². The molecule has 0 unspecified atom stereocenters. The zero-order valence-electron chi connectivity index (χ0n) is 23.2. The fourth-order valence-electron chi connectivity index (χ4n) is 4.22. The van der Waals surface area contributed by atoms with Gasteiger partial charge >= 0.3 is 0 Å². The highest BCUT2D eigenvalue weighted by Gasteiger charge is 2.34. The summed E-state index contributed by atoms with van der Waals surface area (Å²) in [4.78, 5) is 28.2. The molecular weight excluding hydrogens is 554 g/mol. The van der Waals surface area contributed by atoms with Crippen LogP contribution in [0.15, 0.2) is 71.6 Å². The molecule has 0 fully saturated rings. The second kappa shape index (κ2) is 13.5. The van der Waals surface area contributed by atoms with Gasteiger partial charge in [0.1, 0.15) is 24.1 Å². The summed E-state index contributed by atoms with van der Waals surface area (Å²) in [5.74, 6) is -0.0852. The zero-order chi connectivity index (χ0) is 29.4. The van der Waals surface area contributed by atoms with Crippen molar-refractivity contribution in [2.75, 3.05) is 32.1 Å². The van der Waals surface area contributed by atoms with Gasteiger partial charge in [-0.1, -0.05) is 48.4 Å². The van der Waals surface area contributed by atoms with Gasteiger partial charge in [0.25, 0.3) is 10.0 Å². The molecule has 214 valence electrons. The first kappa shape index (κ1) is 30.8. The smallest absolute Gasteiger partial charge is 0.264 e. The number of nitrogens with zero attached hydrogens (tertiary/aromatic N) is 2. The summed E-state index contributed by atoms with van der Waals surface area (Å²) in [6.45, 7) is 3.10. The molecule has 2 amide bonds. The normalized spacial score (nSPS) is 11.8. The van der Waals surface area contributed by atoms with Crippen molar-refractivity contribution in [1.82, 2.24) is 10.2 Å². The molecule has 3 aromatic carbocycles. The number of nitrogens with one attached hydrogen (secondary N) is 1. The number of hydrogen-bond acceptors (Lipinski definition) is 6. The first-order valence-electron chi connectivity index (χ1n) is 12.6. The molecule has 1 N–H and O–H groups in total. The Labute approximate surface area is 240 Å². The molecule has 0 heterocycles. The molecule has 0 spiro atoms. The first-order valence-corrected chi connectivity index (χ1v) is 14.4. The monoisotopic (exact) mass is 587 g/mol. The van der Waals surface area contributed by atoms with Crippen LogP contribution in [0, 0.1) is 6.92 Å². The van der Waals surface area contributed by atoms with Crippen LogP contribution in [0.3, 0.4) is 0 Å². The number of sulfonamides is 1. The average molecular weight is 588 g/mol. The van der Waals surface area contributed by atoms with Crippen molar-refractivity contribution < 1.29 is 27.5 Å². The van der Waals surface area contributed by atoms with Gasteiger partial charge in [-0.15, -0.1) is 0 Å². The number of anilines is 1. The number of carbonyl (C=O) groups is 2. The van der Waals surface area contributed by atoms with Gasteiger partial charge in [-0.25, -0.2) is 8.42 Å². The van der Waals surface area contributed by atoms with Crippen molar-refractivity contribution in [2.24, 2.45) is 0 Å². The van der Waals surface area contributed by atoms with Gasteiger partial charge in [-0.3, -0.25) is 13.9 Å². The van der Waals surface area contributed by atoms with Gasteiger partial charge in [0.2, 0.25) is 11.8 Å². The van der Waals surface area contributed by atoms with Gasteiger partial charge in [0.05, 0.1) is 24.8 Å². The minimum atomic E-state index is -4.26. The second-order valence-electron chi connectivity index (χ2n) is 9.05. The fraction of sp³-hybridized carbons (Fsp3) is 0.310. The number of aryl methyl sites for hydroxylation is 1. The Kier molecular flexibility index (Phi) is 10.4. The lowest BCUT2D eigenvalue weighted by atomic mass is 10.1. The summed E-state index contributed by atoms with van der Waals surface area (Å²) in [5.41, 5.74) is 1.72. The van der Waals surface area contributed by atoms with Crippen LogP contribution in [0.25, 0.3) is 0 Å². The zero-order valence-corrected chi connectivity index (χ0v) is 24.8. The standard InChI is InChI=1S/C29H34ClN3O6S/c1-6-25(29(35)31-3)32(18-21-9-12-23(38-4)13-10-21)28(34)19-33(26-17-22(30)11-16-27(26)39-5)40(36,37)24-14-7-20(2)8-15-24/h7-17,25H,6,18-19H2,1-5H3,(H,31,35)/t25-/m0/s1. The molecule has 9 nitrogen and oxygen atoms in total. The van der Waals surface area contributed by atoms with Crippen LogP contribution >= 0.6 is 11.6 Å². The lowest BCUT2D eigenvalue weighted by Crippen LogP contribution is -2.51. The topological polar surface area (TPSA) is 105 Å². The van der Waals surface area contributed by atoms with Crippen LogP contribution in [-0.4, -0.2) is 59.0 Å². The Bertz CT molecular complexity index is 1430. The van der Waals surface area contributed by atoms with Crippen molar-refractivity contribution in [3.05, 3.63) is 82.9 Å². The molecule has 1 atom stereocenters. The number of ether oxygens (including phenoxy) is 2. The van der Waals surface area contributed by atoms with E-state index in [1.165, 1.54) is 43.3 Å². The predicted octanol–water partition coefficient (Wildman–Crippen LogP) is 4.41. The Hall–Kier alpha value is -3.76. The van der Waals surface area contributed by atoms with Crippen LogP contribution in [0.2, 0.25) is 5.02 Å². The molecule has 0 radical (unpaired) electrons. The highest BCUT2D eigenvalue weighted by Crippen LogP contribution is 2.35. The lowest BCUT2D eigenvalue weighted by Gasteiger charge is -2.33. The van der Waals surface area contributed by atoms with E-state index in [4.69, 9.17) is 21.1 Å². The van der Waals surface area contributed by atoms with E-state index in [2.05, 4.69) is 5.32 Å². The van der Waals surface area contributed by atoms with E-state index in [0.717, 1.165) is 15.4 Å². The number of benzene rings is 3. The highest BCUT2D eigenvalue weighted by molar-refractivity contribution is 7.92. The third-order valence-corrected chi connectivity index (χ3v) is 8.45. The largest absolute Gasteiger partial charge is 0.497 e. The molecule has 0 bridgehead atoms. The van der Waals surface area contributed by atoms with Crippen molar-refractivity contribution >= 4 is 39.1 Å². The van der Waals surface area contributed by atoms with Gasteiger partial charge in [-0.05, 0) is 61.4 Å². The van der Waals surface area contributed by atoms with E-state index < -0.39 is 28.5 Å². The Balaban J connectivity index is 2.12. The van der Waals surface area contributed by atoms with Gasteiger partial charge in [-0.2, -0.15) is 0 Å². The van der Waals surface area contributed by atoms with Gasteiger partial charge in [0.15, 0.2) is 0 Å². The number of hydrogen-bond donors (Lipinski definition) is 1. The molecule has 3 rings (SSSR count). The average Bonchev–Trinajstić information content (AvgIpc) is 2.95. The van der Waals surface area contributed by atoms with Crippen molar-refractivity contribution in [3.8, 4) is 11.5 Å². The fourth-order valence-corrected chi connectivity index (χ4v) is 5.81. The second-order valence-corrected chi connectivity index (χ2v) is 11.3. The maximum absolute atomic E-state index is 14.0. The predicted molar refractivity (Wildman–Crippen MR) is 155 cm³/mol. The molecule has 11 heteroatoms. The minimum Gasteiger partial charge on any atom is -0.497 e. The molecule has 0 aliphatic carbocycles. The van der Waals surface area contributed by atoms with E-state index >= 15 is 0 Å². The highest BCUT2D eigenvalue weighted by atomic mass is 35.5. The van der Waals surface area contributed by atoms with Crippen LogP contribution in [0.4, 0.5) is 5.69 Å². The van der Waals surface area contributed by atoms with E-state index in [1.807, 2.05) is 6.92 Å². The quantitative estimate of drug-likeness (QED) is 0.336. The minimum absolute atomic E-state index is 0.00650. The molecule has 0 aliphatic heterocycles. The van der Waals surface area contributed by atoms with Crippen LogP contribution < -0.4 is 19.1 Å². The van der Waals surface area contributed by atoms with E-state index in [-0.39, 0.29) is 33.8 Å². The molecule has 0 saturated heterocycles. The maximum Gasteiger partial charge on any atom is 0.264 e. The molecule has 0 aliphatic rings. The summed E-state index contributed by atoms with van der Waals surface area (Å²) < 4.78 is 39.7. The third kappa shape index (κ3) is 7.05. The summed E-state index contributed by atoms with van der Waals surface area (Å²) >= 11 is 6.26. The summed E-state index contributed by atoms with van der Waals surface area (Å²) in [6, 6.07) is 17.1. The van der Waals surface area contributed by atoms with E-state index in [9.17, 15) is 18.0 Å². The molecular formula is C29H34ClN3O6S. The van der Waals surface area contributed by atoms with Crippen molar-refractivity contribution in [1.29, 1.82) is 0 Å². The Morgan fingerprint density at radius 2 is 1.62 bits per heavy atom. The van der Waals surface area contributed by atoms with Crippen molar-refractivity contribution in [2.45, 2.75) is 37.8 Å². The lowest BCUT2D eigenvalue weighted by molar-refractivity contribution is -0.140. The number of likely N-dealkylation sites (N-methyl/N-ethyl adjacent to an activating group) is 1. The van der Waals surface area contributed by atoms with Crippen LogP contribution in [0.5, 0.6) is 11.5 Å². The molecule has 40 heavy (non-hydrogen) atoms. The summed E-state index contributed by atoms with van der Waals surface area (Å²) in [5, 5.41) is 2.87. The number of rotatable bonds is 12. The summed E-state index contributed by atoms with van der Waals surface area (Å²) in [6.07, 6.45) is 0.312. The third-order valence-electron chi connectivity index (χ3n) is 6.44. The number of halogens is 1. The Morgan fingerprint density at radius 1 is 0.975 bits per heavy atom. The number of amides is 2. The summed E-state index contributed by atoms with van der Waals surface area (Å²) in [7, 11) is 0.188. The number of methoxy groups -OCH3 is 2. The molecule has 3 aromatic rings. The van der Waals surface area contributed by atoms with Gasteiger partial charge in [0, 0.05) is 18.6 Å². The molecule has 0 saturated carbocycles. The van der Waals surface area contributed by atoms with E-state index in [0.29, 0.717) is 12.2 Å². The first-order chi connectivity index (χ1) is 19.0. The SMILES string of the molecule is CC[C@@H](C(=O)NC)N(Cc1ccc(OC)cc1)C(=O)CN(c1cc(Cl)ccc1OC)S(=O)(=O)c1ccc(C)cc1. The number of carbonyl (C=O) groups excluding carboxylic acids is 2. The van der Waals surface area contributed by atoms with E-state index in [1.54, 1.807) is 56.5 Å².